The molecule has 0 spiro atoms. The minimum atomic E-state index is -0.112. The van der Waals surface area contributed by atoms with Gasteiger partial charge in [-0.05, 0) is 98.7 Å². The van der Waals surface area contributed by atoms with Crippen LogP contribution in [0.1, 0.15) is 40.3 Å². The Morgan fingerprint density at radius 2 is 1.65 bits per heavy atom. The van der Waals surface area contributed by atoms with Gasteiger partial charge in [0, 0.05) is 39.0 Å². The standard InChI is InChI=1S/C27H24Cl2N4S/c1-16-7-8-20(29)15-24(16)32-17(2)14-22(18(32)3)26-25(23-6-4-5-13-30-23)31-27(34)33(26)21-11-9-19(28)10-12-21/h4-15,25-26H,1-3H3,(H,31,34)/t25-,26+/m1/s1. The number of nitrogens with zero attached hydrogens (tertiary/aromatic N) is 3. The van der Waals surface area contributed by atoms with E-state index >= 15 is 0 Å². The first-order valence-corrected chi connectivity index (χ1v) is 12.2. The number of hydrogen-bond donors (Lipinski definition) is 1. The van der Waals surface area contributed by atoms with E-state index in [0.29, 0.717) is 15.2 Å². The molecule has 1 N–H and O–H groups in total. The first-order chi connectivity index (χ1) is 16.3. The third-order valence-corrected chi connectivity index (χ3v) is 7.21. The fourth-order valence-corrected chi connectivity index (χ4v) is 5.47. The lowest BCUT2D eigenvalue weighted by Crippen LogP contribution is -2.29. The highest BCUT2D eigenvalue weighted by atomic mass is 35.5. The van der Waals surface area contributed by atoms with Crippen LogP contribution in [-0.2, 0) is 0 Å². The van der Waals surface area contributed by atoms with Crippen LogP contribution in [0.4, 0.5) is 5.69 Å². The SMILES string of the molecule is Cc1ccc(Cl)cc1-n1c(C)cc([C@H]2[C@@H](c3ccccn3)NC(=S)N2c2ccc(Cl)cc2)c1C. The van der Waals surface area contributed by atoms with Crippen molar-refractivity contribution in [3.63, 3.8) is 0 Å². The van der Waals surface area contributed by atoms with Crippen LogP contribution in [0.2, 0.25) is 10.0 Å². The minimum absolute atomic E-state index is 0.0944. The van der Waals surface area contributed by atoms with Crippen LogP contribution in [0.15, 0.2) is 72.9 Å². The highest BCUT2D eigenvalue weighted by molar-refractivity contribution is 7.80. The van der Waals surface area contributed by atoms with Crippen LogP contribution in [0.3, 0.4) is 0 Å². The van der Waals surface area contributed by atoms with E-state index in [9.17, 15) is 0 Å². The monoisotopic (exact) mass is 506 g/mol. The van der Waals surface area contributed by atoms with E-state index in [1.54, 1.807) is 0 Å². The van der Waals surface area contributed by atoms with Gasteiger partial charge in [-0.25, -0.2) is 0 Å². The second kappa shape index (κ2) is 9.06. The Labute approximate surface area is 215 Å². The van der Waals surface area contributed by atoms with Gasteiger partial charge in [0.1, 0.15) is 0 Å². The Bertz CT molecular complexity index is 1370. The molecule has 2 atom stereocenters. The van der Waals surface area contributed by atoms with Crippen LogP contribution < -0.4 is 10.2 Å². The number of thiocarbonyl (C=S) groups is 1. The van der Waals surface area contributed by atoms with E-state index in [1.165, 1.54) is 5.56 Å². The molecule has 0 bridgehead atoms. The van der Waals surface area contributed by atoms with Gasteiger partial charge in [-0.15, -0.1) is 0 Å². The van der Waals surface area contributed by atoms with Gasteiger partial charge < -0.3 is 14.8 Å². The molecule has 34 heavy (non-hydrogen) atoms. The van der Waals surface area contributed by atoms with Gasteiger partial charge in [0.2, 0.25) is 0 Å². The van der Waals surface area contributed by atoms with E-state index in [-0.39, 0.29) is 12.1 Å². The second-order valence-electron chi connectivity index (χ2n) is 8.57. The zero-order valence-corrected chi connectivity index (χ0v) is 21.4. The molecule has 5 rings (SSSR count). The molecule has 1 aliphatic heterocycles. The van der Waals surface area contributed by atoms with Crippen molar-refractivity contribution in [3.05, 3.63) is 111 Å². The molecule has 3 heterocycles. The zero-order chi connectivity index (χ0) is 24.0. The average molecular weight is 507 g/mol. The number of anilines is 1. The Hall–Kier alpha value is -2.86. The molecule has 0 unspecified atom stereocenters. The third kappa shape index (κ3) is 3.98. The number of aromatic nitrogens is 2. The largest absolute Gasteiger partial charge is 0.351 e. The summed E-state index contributed by atoms with van der Waals surface area (Å²) in [7, 11) is 0. The molecule has 1 saturated heterocycles. The first-order valence-electron chi connectivity index (χ1n) is 11.1. The van der Waals surface area contributed by atoms with Crippen LogP contribution >= 0.6 is 35.4 Å². The van der Waals surface area contributed by atoms with Crippen molar-refractivity contribution >= 4 is 46.2 Å². The van der Waals surface area contributed by atoms with Crippen molar-refractivity contribution < 1.29 is 0 Å². The molecule has 7 heteroatoms. The number of hydrogen-bond acceptors (Lipinski definition) is 2. The quantitative estimate of drug-likeness (QED) is 0.294. The van der Waals surface area contributed by atoms with Gasteiger partial charge in [-0.2, -0.15) is 0 Å². The Balaban J connectivity index is 1.70. The van der Waals surface area contributed by atoms with E-state index < -0.39 is 0 Å². The minimum Gasteiger partial charge on any atom is -0.351 e. The number of nitrogens with one attached hydrogen (secondary N) is 1. The second-order valence-corrected chi connectivity index (χ2v) is 9.83. The number of benzene rings is 2. The summed E-state index contributed by atoms with van der Waals surface area (Å²) in [5.74, 6) is 0. The predicted molar refractivity (Wildman–Crippen MR) is 144 cm³/mol. The Morgan fingerprint density at radius 1 is 0.912 bits per heavy atom. The molecule has 4 aromatic rings. The number of halogens is 2. The van der Waals surface area contributed by atoms with Crippen LogP contribution in [0, 0.1) is 20.8 Å². The highest BCUT2D eigenvalue weighted by Gasteiger charge is 2.42. The first kappa shape index (κ1) is 22.9. The smallest absolute Gasteiger partial charge is 0.174 e. The normalized spacial score (nSPS) is 17.8. The summed E-state index contributed by atoms with van der Waals surface area (Å²) in [5, 5.41) is 5.59. The lowest BCUT2D eigenvalue weighted by molar-refractivity contribution is 0.565. The van der Waals surface area contributed by atoms with Gasteiger partial charge in [-0.3, -0.25) is 4.98 Å². The van der Waals surface area contributed by atoms with Crippen molar-refractivity contribution in [1.29, 1.82) is 0 Å². The van der Waals surface area contributed by atoms with E-state index in [1.807, 2.05) is 60.8 Å². The maximum atomic E-state index is 6.38. The van der Waals surface area contributed by atoms with E-state index in [4.69, 9.17) is 35.4 Å². The third-order valence-electron chi connectivity index (χ3n) is 6.40. The molecule has 0 amide bonds. The molecule has 172 valence electrons. The lowest BCUT2D eigenvalue weighted by Gasteiger charge is -2.28. The molecular formula is C27H24Cl2N4S. The topological polar surface area (TPSA) is 33.1 Å². The summed E-state index contributed by atoms with van der Waals surface area (Å²) in [6, 6.07) is 21.8. The molecule has 2 aromatic heterocycles. The van der Waals surface area contributed by atoms with Crippen LogP contribution in [0.5, 0.6) is 0 Å². The number of aryl methyl sites for hydroxylation is 2. The van der Waals surface area contributed by atoms with Gasteiger partial charge in [0.05, 0.1) is 17.8 Å². The molecule has 1 fully saturated rings. The fourth-order valence-electron chi connectivity index (χ4n) is 4.83. The summed E-state index contributed by atoms with van der Waals surface area (Å²) < 4.78 is 2.27. The van der Waals surface area contributed by atoms with Crippen LogP contribution in [-0.4, -0.2) is 14.7 Å². The van der Waals surface area contributed by atoms with Crippen molar-refractivity contribution in [2.45, 2.75) is 32.9 Å². The summed E-state index contributed by atoms with van der Waals surface area (Å²) in [4.78, 5) is 6.83. The van der Waals surface area contributed by atoms with Gasteiger partial charge >= 0.3 is 0 Å². The van der Waals surface area contributed by atoms with Gasteiger partial charge in [-0.1, -0.05) is 35.3 Å². The number of rotatable bonds is 4. The summed E-state index contributed by atoms with van der Waals surface area (Å²) in [5.41, 5.74) is 7.60. The molecule has 0 aliphatic carbocycles. The Kier molecular flexibility index (Phi) is 6.11. The average Bonchev–Trinajstić information content (AvgIpc) is 3.32. The Morgan fingerprint density at radius 3 is 2.35 bits per heavy atom. The molecule has 2 aromatic carbocycles. The molecule has 1 aliphatic rings. The maximum Gasteiger partial charge on any atom is 0.174 e. The zero-order valence-electron chi connectivity index (χ0n) is 19.1. The van der Waals surface area contributed by atoms with Crippen molar-refractivity contribution in [1.82, 2.24) is 14.9 Å². The predicted octanol–water partition coefficient (Wildman–Crippen LogP) is 7.28. The van der Waals surface area contributed by atoms with E-state index in [2.05, 4.69) is 52.7 Å². The summed E-state index contributed by atoms with van der Waals surface area (Å²) >= 11 is 18.4. The van der Waals surface area contributed by atoms with Crippen LogP contribution in [0.25, 0.3) is 5.69 Å². The van der Waals surface area contributed by atoms with Gasteiger partial charge in [0.15, 0.2) is 5.11 Å². The molecule has 0 saturated carbocycles. The molecule has 0 radical (unpaired) electrons. The van der Waals surface area contributed by atoms with E-state index in [0.717, 1.165) is 34.0 Å². The fraction of sp³-hybridized carbons (Fsp3) is 0.185. The lowest BCUT2D eigenvalue weighted by atomic mass is 9.96. The molecular weight excluding hydrogens is 483 g/mol. The molecule has 4 nitrogen and oxygen atoms in total. The van der Waals surface area contributed by atoms with Crippen molar-refractivity contribution in [2.75, 3.05) is 4.90 Å². The van der Waals surface area contributed by atoms with Crippen molar-refractivity contribution in [3.8, 4) is 5.69 Å². The summed E-state index contributed by atoms with van der Waals surface area (Å²) in [6.45, 7) is 6.38. The van der Waals surface area contributed by atoms with Gasteiger partial charge in [0.25, 0.3) is 0 Å². The van der Waals surface area contributed by atoms with Crippen molar-refractivity contribution in [2.24, 2.45) is 0 Å². The number of pyridine rings is 1. The highest BCUT2D eigenvalue weighted by Crippen LogP contribution is 2.44. The maximum absolute atomic E-state index is 6.38. The summed E-state index contributed by atoms with van der Waals surface area (Å²) in [6.07, 6.45) is 1.82.